The van der Waals surface area contributed by atoms with Gasteiger partial charge in [-0.15, -0.1) is 0 Å². The standard InChI is InChI=1S/C19H20BrNO4/c1-3-9-25-18-16(20)10-13(11-17(18)24-4-2)12-21-15-7-5-14(6-8-15)19(22)23/h3,5-8,10-11,21H,1,4,9,12H2,2H3,(H,22,23). The molecule has 25 heavy (non-hydrogen) atoms. The van der Waals surface area contributed by atoms with Crippen molar-refractivity contribution < 1.29 is 19.4 Å². The maximum atomic E-state index is 10.9. The van der Waals surface area contributed by atoms with Gasteiger partial charge < -0.3 is 19.9 Å². The fourth-order valence-corrected chi connectivity index (χ4v) is 2.81. The average molecular weight is 406 g/mol. The molecule has 0 heterocycles. The molecule has 0 saturated heterocycles. The van der Waals surface area contributed by atoms with Crippen LogP contribution < -0.4 is 14.8 Å². The third-order valence-electron chi connectivity index (χ3n) is 3.34. The van der Waals surface area contributed by atoms with Gasteiger partial charge in [-0.25, -0.2) is 4.79 Å². The number of aromatic carboxylic acids is 1. The zero-order valence-electron chi connectivity index (χ0n) is 13.9. The van der Waals surface area contributed by atoms with E-state index in [0.717, 1.165) is 15.7 Å². The minimum Gasteiger partial charge on any atom is -0.490 e. The summed E-state index contributed by atoms with van der Waals surface area (Å²) in [6.07, 6.45) is 1.68. The Morgan fingerprint density at radius 1 is 1.28 bits per heavy atom. The highest BCUT2D eigenvalue weighted by molar-refractivity contribution is 9.10. The van der Waals surface area contributed by atoms with Gasteiger partial charge in [-0.2, -0.15) is 0 Å². The number of anilines is 1. The van der Waals surface area contributed by atoms with E-state index < -0.39 is 5.97 Å². The number of rotatable bonds is 9. The van der Waals surface area contributed by atoms with E-state index >= 15 is 0 Å². The molecule has 0 bridgehead atoms. The third-order valence-corrected chi connectivity index (χ3v) is 3.93. The molecule has 0 fully saturated rings. The highest BCUT2D eigenvalue weighted by atomic mass is 79.9. The molecule has 0 saturated carbocycles. The first-order valence-electron chi connectivity index (χ1n) is 7.81. The van der Waals surface area contributed by atoms with Gasteiger partial charge in [-0.05, 0) is 64.8 Å². The summed E-state index contributed by atoms with van der Waals surface area (Å²) in [7, 11) is 0. The van der Waals surface area contributed by atoms with Crippen molar-refractivity contribution in [1.29, 1.82) is 0 Å². The summed E-state index contributed by atoms with van der Waals surface area (Å²) < 4.78 is 12.1. The molecule has 2 aromatic carbocycles. The number of halogens is 1. The molecule has 0 radical (unpaired) electrons. The quantitative estimate of drug-likeness (QED) is 0.590. The first-order chi connectivity index (χ1) is 12.0. The Morgan fingerprint density at radius 3 is 2.60 bits per heavy atom. The van der Waals surface area contributed by atoms with Crippen LogP contribution in [0.4, 0.5) is 5.69 Å². The fourth-order valence-electron chi connectivity index (χ4n) is 2.20. The number of hydrogen-bond donors (Lipinski definition) is 2. The van der Waals surface area contributed by atoms with E-state index in [1.807, 2.05) is 19.1 Å². The molecular formula is C19H20BrNO4. The van der Waals surface area contributed by atoms with Crippen LogP contribution in [0, 0.1) is 0 Å². The molecule has 0 amide bonds. The molecule has 0 aromatic heterocycles. The van der Waals surface area contributed by atoms with Gasteiger partial charge >= 0.3 is 5.97 Å². The number of benzene rings is 2. The van der Waals surface area contributed by atoms with Gasteiger partial charge in [0.15, 0.2) is 11.5 Å². The second-order valence-electron chi connectivity index (χ2n) is 5.17. The van der Waals surface area contributed by atoms with Crippen molar-refractivity contribution in [3.05, 3.63) is 64.7 Å². The maximum absolute atomic E-state index is 10.9. The minimum atomic E-state index is -0.938. The molecule has 0 unspecified atom stereocenters. The van der Waals surface area contributed by atoms with E-state index in [2.05, 4.69) is 27.8 Å². The van der Waals surface area contributed by atoms with Gasteiger partial charge in [-0.1, -0.05) is 12.7 Å². The van der Waals surface area contributed by atoms with Gasteiger partial charge in [0.1, 0.15) is 6.61 Å². The Balaban J connectivity index is 2.13. The third kappa shape index (κ3) is 5.26. The molecule has 6 heteroatoms. The van der Waals surface area contributed by atoms with Crippen molar-refractivity contribution in [2.45, 2.75) is 13.5 Å². The molecular weight excluding hydrogens is 386 g/mol. The lowest BCUT2D eigenvalue weighted by molar-refractivity contribution is 0.0697. The molecule has 0 aliphatic carbocycles. The lowest BCUT2D eigenvalue weighted by atomic mass is 10.1. The van der Waals surface area contributed by atoms with Crippen LogP contribution >= 0.6 is 15.9 Å². The van der Waals surface area contributed by atoms with Crippen molar-refractivity contribution in [1.82, 2.24) is 0 Å². The zero-order valence-corrected chi connectivity index (χ0v) is 15.5. The number of carboxylic acid groups (broad SMARTS) is 1. The topological polar surface area (TPSA) is 67.8 Å². The van der Waals surface area contributed by atoms with Crippen molar-refractivity contribution in [2.24, 2.45) is 0 Å². The van der Waals surface area contributed by atoms with Gasteiger partial charge in [-0.3, -0.25) is 0 Å². The molecule has 2 rings (SSSR count). The van der Waals surface area contributed by atoms with E-state index in [1.165, 1.54) is 0 Å². The van der Waals surface area contributed by atoms with E-state index in [4.69, 9.17) is 14.6 Å². The fraction of sp³-hybridized carbons (Fsp3) is 0.211. The van der Waals surface area contributed by atoms with Crippen LogP contribution in [0.5, 0.6) is 11.5 Å². The molecule has 2 N–H and O–H groups in total. The normalized spacial score (nSPS) is 10.2. The van der Waals surface area contributed by atoms with Gasteiger partial charge in [0, 0.05) is 12.2 Å². The average Bonchev–Trinajstić information content (AvgIpc) is 2.60. The Kier molecular flexibility index (Phi) is 6.89. The second kappa shape index (κ2) is 9.13. The molecule has 0 aliphatic rings. The van der Waals surface area contributed by atoms with Crippen LogP contribution in [0.2, 0.25) is 0 Å². The van der Waals surface area contributed by atoms with Crippen LogP contribution in [0.1, 0.15) is 22.8 Å². The smallest absolute Gasteiger partial charge is 0.335 e. The largest absolute Gasteiger partial charge is 0.490 e. The number of carbonyl (C=O) groups is 1. The van der Waals surface area contributed by atoms with E-state index in [1.54, 1.807) is 30.3 Å². The van der Waals surface area contributed by atoms with Crippen molar-refractivity contribution in [3.63, 3.8) is 0 Å². The number of carboxylic acids is 1. The predicted molar refractivity (Wildman–Crippen MR) is 102 cm³/mol. The number of hydrogen-bond acceptors (Lipinski definition) is 4. The first kappa shape index (κ1) is 18.9. The number of ether oxygens (including phenoxy) is 2. The van der Waals surface area contributed by atoms with Crippen LogP contribution in [-0.2, 0) is 6.54 Å². The van der Waals surface area contributed by atoms with Gasteiger partial charge in [0.25, 0.3) is 0 Å². The zero-order chi connectivity index (χ0) is 18.2. The summed E-state index contributed by atoms with van der Waals surface area (Å²) in [6, 6.07) is 10.5. The van der Waals surface area contributed by atoms with E-state index in [9.17, 15) is 4.79 Å². The summed E-state index contributed by atoms with van der Waals surface area (Å²) >= 11 is 3.52. The van der Waals surface area contributed by atoms with Crippen LogP contribution in [-0.4, -0.2) is 24.3 Å². The summed E-state index contributed by atoms with van der Waals surface area (Å²) in [5.41, 5.74) is 2.10. The van der Waals surface area contributed by atoms with Crippen LogP contribution in [0.3, 0.4) is 0 Å². The predicted octanol–water partition coefficient (Wildman–Crippen LogP) is 4.72. The highest BCUT2D eigenvalue weighted by Gasteiger charge is 2.12. The molecule has 5 nitrogen and oxygen atoms in total. The summed E-state index contributed by atoms with van der Waals surface area (Å²) in [5.74, 6) is 0.375. The van der Waals surface area contributed by atoms with Gasteiger partial charge in [0.05, 0.1) is 16.6 Å². The Bertz CT molecular complexity index is 744. The van der Waals surface area contributed by atoms with Crippen molar-refractivity contribution >= 4 is 27.6 Å². The lowest BCUT2D eigenvalue weighted by Gasteiger charge is -2.15. The Morgan fingerprint density at radius 2 is 2.00 bits per heavy atom. The van der Waals surface area contributed by atoms with Crippen LogP contribution in [0.15, 0.2) is 53.5 Å². The SMILES string of the molecule is C=CCOc1c(Br)cc(CNc2ccc(C(=O)O)cc2)cc1OCC. The summed E-state index contributed by atoms with van der Waals surface area (Å²) in [6.45, 7) is 7.06. The van der Waals surface area contributed by atoms with Crippen LogP contribution in [0.25, 0.3) is 0 Å². The van der Waals surface area contributed by atoms with Crippen molar-refractivity contribution in [2.75, 3.05) is 18.5 Å². The van der Waals surface area contributed by atoms with E-state index in [-0.39, 0.29) is 5.56 Å². The van der Waals surface area contributed by atoms with Crippen molar-refractivity contribution in [3.8, 4) is 11.5 Å². The number of nitrogens with one attached hydrogen (secondary N) is 1. The van der Waals surface area contributed by atoms with E-state index in [0.29, 0.717) is 31.3 Å². The lowest BCUT2D eigenvalue weighted by Crippen LogP contribution is -2.04. The monoisotopic (exact) mass is 405 g/mol. The molecule has 132 valence electrons. The summed E-state index contributed by atoms with van der Waals surface area (Å²) in [5, 5.41) is 12.2. The molecule has 0 atom stereocenters. The molecule has 0 spiro atoms. The Hall–Kier alpha value is -2.47. The van der Waals surface area contributed by atoms with Gasteiger partial charge in [0.2, 0.25) is 0 Å². The minimum absolute atomic E-state index is 0.260. The Labute approximate surface area is 155 Å². The molecule has 0 aliphatic heterocycles. The second-order valence-corrected chi connectivity index (χ2v) is 6.03. The first-order valence-corrected chi connectivity index (χ1v) is 8.60. The highest BCUT2D eigenvalue weighted by Crippen LogP contribution is 2.37. The molecule has 2 aromatic rings. The summed E-state index contributed by atoms with van der Waals surface area (Å²) in [4.78, 5) is 10.9. The maximum Gasteiger partial charge on any atom is 0.335 e.